The Balaban J connectivity index is 1.84. The standard InChI is InChI=1S/C17H22N2O6S/c1-2-11-24-16(20)7-10-19-14-6-5-13(12-15(14)25-17(19)21)26(22,23)18-8-3-4-9-18/h5-6,12H,2-4,7-11H2,1H3. The Kier molecular flexibility index (Phi) is 5.47. The average molecular weight is 382 g/mol. The first-order valence-corrected chi connectivity index (χ1v) is 10.2. The number of hydrogen-bond acceptors (Lipinski definition) is 6. The molecule has 1 saturated heterocycles. The molecule has 2 aromatic rings. The van der Waals surface area contributed by atoms with Gasteiger partial charge in [0.15, 0.2) is 5.58 Å². The van der Waals surface area contributed by atoms with Crippen LogP contribution in [0.15, 0.2) is 32.3 Å². The van der Waals surface area contributed by atoms with Crippen molar-refractivity contribution in [2.75, 3.05) is 19.7 Å². The molecule has 3 rings (SSSR count). The van der Waals surface area contributed by atoms with Crippen LogP contribution in [0.1, 0.15) is 32.6 Å². The van der Waals surface area contributed by atoms with Crippen LogP contribution in [-0.4, -0.2) is 43.0 Å². The van der Waals surface area contributed by atoms with Crippen LogP contribution in [-0.2, 0) is 26.1 Å². The predicted molar refractivity (Wildman–Crippen MR) is 94.3 cm³/mol. The second kappa shape index (κ2) is 7.63. The summed E-state index contributed by atoms with van der Waals surface area (Å²) in [5, 5.41) is 0. The number of sulfonamides is 1. The monoisotopic (exact) mass is 382 g/mol. The third-order valence-electron chi connectivity index (χ3n) is 4.35. The molecular formula is C17H22N2O6S. The Labute approximate surface area is 151 Å². The molecule has 0 spiro atoms. The van der Waals surface area contributed by atoms with Gasteiger partial charge in [-0.1, -0.05) is 6.92 Å². The van der Waals surface area contributed by atoms with Crippen LogP contribution in [0.4, 0.5) is 0 Å². The van der Waals surface area contributed by atoms with Gasteiger partial charge in [0.05, 0.1) is 23.4 Å². The number of rotatable bonds is 7. The molecule has 0 aliphatic carbocycles. The Bertz CT molecular complexity index is 953. The van der Waals surface area contributed by atoms with Gasteiger partial charge in [-0.15, -0.1) is 0 Å². The van der Waals surface area contributed by atoms with Gasteiger partial charge in [-0.05, 0) is 31.4 Å². The first-order chi connectivity index (χ1) is 12.4. The molecule has 8 nitrogen and oxygen atoms in total. The lowest BCUT2D eigenvalue weighted by molar-refractivity contribution is -0.143. The van der Waals surface area contributed by atoms with Crippen LogP contribution < -0.4 is 5.76 Å². The zero-order valence-corrected chi connectivity index (χ0v) is 15.5. The minimum atomic E-state index is -3.58. The van der Waals surface area contributed by atoms with Gasteiger partial charge >= 0.3 is 11.7 Å². The Hall–Kier alpha value is -2.13. The summed E-state index contributed by atoms with van der Waals surface area (Å²) in [6.45, 7) is 3.37. The first-order valence-electron chi connectivity index (χ1n) is 8.72. The molecule has 1 aliphatic rings. The quantitative estimate of drug-likeness (QED) is 0.676. The van der Waals surface area contributed by atoms with Crippen LogP contribution in [0.2, 0.25) is 0 Å². The molecule has 0 saturated carbocycles. The number of aryl methyl sites for hydroxylation is 1. The summed E-state index contributed by atoms with van der Waals surface area (Å²) in [7, 11) is -3.58. The first kappa shape index (κ1) is 18.7. The van der Waals surface area contributed by atoms with Crippen molar-refractivity contribution >= 4 is 27.1 Å². The molecular weight excluding hydrogens is 360 g/mol. The molecule has 1 aliphatic heterocycles. The van der Waals surface area contributed by atoms with Crippen molar-refractivity contribution in [1.29, 1.82) is 0 Å². The molecule has 0 atom stereocenters. The van der Waals surface area contributed by atoms with Crippen LogP contribution in [0.3, 0.4) is 0 Å². The lowest BCUT2D eigenvalue weighted by Crippen LogP contribution is -2.27. The van der Waals surface area contributed by atoms with Gasteiger partial charge in [-0.3, -0.25) is 9.36 Å². The molecule has 1 aromatic carbocycles. The van der Waals surface area contributed by atoms with E-state index in [1.807, 2.05) is 6.92 Å². The normalized spacial score (nSPS) is 15.6. The van der Waals surface area contributed by atoms with Crippen molar-refractivity contribution in [2.45, 2.75) is 44.0 Å². The summed E-state index contributed by atoms with van der Waals surface area (Å²) in [4.78, 5) is 23.8. The highest BCUT2D eigenvalue weighted by atomic mass is 32.2. The van der Waals surface area contributed by atoms with E-state index in [-0.39, 0.29) is 29.4 Å². The fraction of sp³-hybridized carbons (Fsp3) is 0.529. The average Bonchev–Trinajstić information content (AvgIpc) is 3.25. The molecule has 0 unspecified atom stereocenters. The second-order valence-electron chi connectivity index (χ2n) is 6.23. The number of oxazole rings is 1. The molecule has 2 heterocycles. The molecule has 26 heavy (non-hydrogen) atoms. The lowest BCUT2D eigenvalue weighted by atomic mass is 10.3. The van der Waals surface area contributed by atoms with E-state index in [4.69, 9.17) is 9.15 Å². The zero-order valence-electron chi connectivity index (χ0n) is 14.6. The van der Waals surface area contributed by atoms with Crippen molar-refractivity contribution in [3.8, 4) is 0 Å². The predicted octanol–water partition coefficient (Wildman–Crippen LogP) is 1.72. The van der Waals surface area contributed by atoms with Gasteiger partial charge < -0.3 is 9.15 Å². The number of nitrogens with zero attached hydrogens (tertiary/aromatic N) is 2. The number of aromatic nitrogens is 1. The molecule has 1 aromatic heterocycles. The van der Waals surface area contributed by atoms with E-state index in [0.29, 0.717) is 25.2 Å². The van der Waals surface area contributed by atoms with Gasteiger partial charge in [-0.25, -0.2) is 13.2 Å². The maximum Gasteiger partial charge on any atom is 0.419 e. The van der Waals surface area contributed by atoms with Gasteiger partial charge in [0, 0.05) is 25.7 Å². The summed E-state index contributed by atoms with van der Waals surface area (Å²) in [6.07, 6.45) is 2.47. The molecule has 0 N–H and O–H groups in total. The van der Waals surface area contributed by atoms with Crippen LogP contribution >= 0.6 is 0 Å². The van der Waals surface area contributed by atoms with Crippen LogP contribution in [0.5, 0.6) is 0 Å². The lowest BCUT2D eigenvalue weighted by Gasteiger charge is -2.15. The summed E-state index contributed by atoms with van der Waals surface area (Å²) >= 11 is 0. The highest BCUT2D eigenvalue weighted by molar-refractivity contribution is 7.89. The number of hydrogen-bond donors (Lipinski definition) is 0. The summed E-state index contributed by atoms with van der Waals surface area (Å²) in [6, 6.07) is 4.38. The number of carbonyl (C=O) groups is 1. The van der Waals surface area contributed by atoms with E-state index in [2.05, 4.69) is 0 Å². The van der Waals surface area contributed by atoms with Crippen molar-refractivity contribution in [2.24, 2.45) is 0 Å². The van der Waals surface area contributed by atoms with E-state index < -0.39 is 15.8 Å². The molecule has 0 bridgehead atoms. The summed E-state index contributed by atoms with van der Waals surface area (Å²) in [5.74, 6) is -1.01. The van der Waals surface area contributed by atoms with Gasteiger partial charge in [0.1, 0.15) is 0 Å². The van der Waals surface area contributed by atoms with Crippen LogP contribution in [0, 0.1) is 0 Å². The largest absolute Gasteiger partial charge is 0.466 e. The third kappa shape index (κ3) is 3.68. The minimum Gasteiger partial charge on any atom is -0.466 e. The molecule has 9 heteroatoms. The van der Waals surface area contributed by atoms with Crippen molar-refractivity contribution in [1.82, 2.24) is 8.87 Å². The SMILES string of the molecule is CCCOC(=O)CCn1c(=O)oc2cc(S(=O)(=O)N3CCCC3)ccc21. The van der Waals surface area contributed by atoms with E-state index in [1.54, 1.807) is 6.07 Å². The van der Waals surface area contributed by atoms with Crippen LogP contribution in [0.25, 0.3) is 11.1 Å². The van der Waals surface area contributed by atoms with E-state index >= 15 is 0 Å². The smallest absolute Gasteiger partial charge is 0.419 e. The number of benzene rings is 1. The Morgan fingerprint density at radius 2 is 2.00 bits per heavy atom. The van der Waals surface area contributed by atoms with Crippen molar-refractivity contribution < 1.29 is 22.4 Å². The zero-order chi connectivity index (χ0) is 18.7. The van der Waals surface area contributed by atoms with E-state index in [0.717, 1.165) is 19.3 Å². The number of ether oxygens (including phenoxy) is 1. The maximum absolute atomic E-state index is 12.6. The topological polar surface area (TPSA) is 98.8 Å². The number of esters is 1. The van der Waals surface area contributed by atoms with Crippen molar-refractivity contribution in [3.63, 3.8) is 0 Å². The molecule has 0 radical (unpaired) electrons. The second-order valence-corrected chi connectivity index (χ2v) is 8.17. The Morgan fingerprint density at radius 3 is 2.69 bits per heavy atom. The fourth-order valence-electron chi connectivity index (χ4n) is 2.99. The summed E-state index contributed by atoms with van der Waals surface area (Å²) in [5.41, 5.74) is 0.649. The van der Waals surface area contributed by atoms with Crippen molar-refractivity contribution in [3.05, 3.63) is 28.7 Å². The van der Waals surface area contributed by atoms with Gasteiger partial charge in [0.2, 0.25) is 10.0 Å². The van der Waals surface area contributed by atoms with Gasteiger partial charge in [0.25, 0.3) is 0 Å². The highest BCUT2D eigenvalue weighted by Crippen LogP contribution is 2.24. The van der Waals surface area contributed by atoms with E-state index in [1.165, 1.54) is 21.0 Å². The summed E-state index contributed by atoms with van der Waals surface area (Å²) < 4.78 is 38.2. The highest BCUT2D eigenvalue weighted by Gasteiger charge is 2.28. The Morgan fingerprint density at radius 1 is 1.27 bits per heavy atom. The minimum absolute atomic E-state index is 0.0440. The third-order valence-corrected chi connectivity index (χ3v) is 6.24. The number of fused-ring (bicyclic) bond motifs is 1. The molecule has 0 amide bonds. The molecule has 1 fully saturated rings. The molecule has 142 valence electrons. The fourth-order valence-corrected chi connectivity index (χ4v) is 4.52. The van der Waals surface area contributed by atoms with Gasteiger partial charge in [-0.2, -0.15) is 4.31 Å². The van der Waals surface area contributed by atoms with E-state index in [9.17, 15) is 18.0 Å². The maximum atomic E-state index is 12.6. The number of carbonyl (C=O) groups excluding carboxylic acids is 1.